The molecule has 0 unspecified atom stereocenters. The Balaban J connectivity index is 2.93. The molecule has 0 N–H and O–H groups in total. The van der Waals surface area contributed by atoms with Crippen molar-refractivity contribution in [2.24, 2.45) is 0 Å². The topological polar surface area (TPSA) is 22.4 Å². The Hall–Kier alpha value is -0.141. The van der Waals surface area contributed by atoms with Crippen molar-refractivity contribution in [3.63, 3.8) is 0 Å². The standard InChI is InChI=1S/C9H14O2Si.Cr/c1-10-7-8-5-6-9(11-8)12(2,3)4;/h5-6H,1-4H3;. The van der Waals surface area contributed by atoms with E-state index in [0.717, 1.165) is 11.1 Å². The summed E-state index contributed by atoms with van der Waals surface area (Å²) < 4.78 is 11.4. The summed E-state index contributed by atoms with van der Waals surface area (Å²) in [5.74, 6) is 0.792. The van der Waals surface area contributed by atoms with Crippen LogP contribution in [0.25, 0.3) is 0 Å². The van der Waals surface area contributed by atoms with Crippen LogP contribution in [0.4, 0.5) is 0 Å². The molecule has 0 aromatic carbocycles. The SMILES string of the molecule is CO[C](=[Cr])c1ccc([Si](C)(C)C)o1. The third-order valence-electron chi connectivity index (χ3n) is 1.73. The molecule has 0 saturated heterocycles. The second kappa shape index (κ2) is 3.93. The van der Waals surface area contributed by atoms with E-state index in [1.54, 1.807) is 7.11 Å². The van der Waals surface area contributed by atoms with Crippen LogP contribution in [0.3, 0.4) is 0 Å². The summed E-state index contributed by atoms with van der Waals surface area (Å²) >= 11 is 2.82. The molecule has 4 heteroatoms. The van der Waals surface area contributed by atoms with Gasteiger partial charge >= 0.3 is 87.7 Å². The predicted molar refractivity (Wildman–Crippen MR) is 52.8 cm³/mol. The molecule has 0 saturated carbocycles. The molecule has 0 aliphatic carbocycles. The molecular weight excluding hydrogens is 220 g/mol. The molecule has 0 aliphatic heterocycles. The fraction of sp³-hybridized carbons (Fsp3) is 0.444. The molecule has 1 rings (SSSR count). The Morgan fingerprint density at radius 2 is 2.00 bits per heavy atom. The Bertz CT molecular complexity index is 312. The van der Waals surface area contributed by atoms with Gasteiger partial charge in [0.1, 0.15) is 0 Å². The number of furan rings is 1. The van der Waals surface area contributed by atoms with Crippen molar-refractivity contribution in [2.45, 2.75) is 19.6 Å². The van der Waals surface area contributed by atoms with E-state index in [9.17, 15) is 0 Å². The van der Waals surface area contributed by atoms with Crippen molar-refractivity contribution in [3.05, 3.63) is 17.9 Å². The maximum absolute atomic E-state index is 5.67. The first-order chi connectivity index (χ1) is 5.95. The molecule has 0 fully saturated rings. The summed E-state index contributed by atoms with van der Waals surface area (Å²) in [6.07, 6.45) is 0. The summed E-state index contributed by atoms with van der Waals surface area (Å²) in [5.41, 5.74) is 0. The van der Waals surface area contributed by atoms with Crippen molar-refractivity contribution >= 4 is 18.0 Å². The van der Waals surface area contributed by atoms with Gasteiger partial charge in [-0.3, -0.25) is 0 Å². The average molecular weight is 234 g/mol. The molecule has 1 heterocycles. The second-order valence-electron chi connectivity index (χ2n) is 3.91. The zero-order valence-electron chi connectivity index (χ0n) is 8.38. The first-order valence-electron chi connectivity index (χ1n) is 4.14. The third-order valence-corrected chi connectivity index (χ3v) is 4.05. The van der Waals surface area contributed by atoms with Crippen LogP contribution in [-0.4, -0.2) is 19.7 Å². The van der Waals surface area contributed by atoms with E-state index in [2.05, 4.69) is 35.5 Å². The van der Waals surface area contributed by atoms with Crippen molar-refractivity contribution in [1.29, 1.82) is 0 Å². The summed E-state index contributed by atoms with van der Waals surface area (Å²) in [5, 5.41) is 1.10. The van der Waals surface area contributed by atoms with Crippen LogP contribution in [0.15, 0.2) is 16.5 Å². The number of methoxy groups -OCH3 is 1. The van der Waals surface area contributed by atoms with Gasteiger partial charge in [0.2, 0.25) is 0 Å². The van der Waals surface area contributed by atoms with Gasteiger partial charge in [0.15, 0.2) is 0 Å². The van der Waals surface area contributed by atoms with Crippen LogP contribution in [0.2, 0.25) is 19.6 Å². The normalized spacial score (nSPS) is 11.7. The van der Waals surface area contributed by atoms with Crippen LogP contribution in [0, 0.1) is 0 Å². The first-order valence-corrected chi connectivity index (χ1v) is 8.27. The molecule has 0 aliphatic rings. The fourth-order valence-electron chi connectivity index (χ4n) is 0.951. The average Bonchev–Trinajstić information content (AvgIpc) is 2.50. The van der Waals surface area contributed by atoms with Gasteiger partial charge in [0, 0.05) is 0 Å². The van der Waals surface area contributed by atoms with Crippen LogP contribution < -0.4 is 5.38 Å². The Kier molecular flexibility index (Phi) is 3.31. The van der Waals surface area contributed by atoms with Crippen molar-refractivity contribution < 1.29 is 25.0 Å². The Morgan fingerprint density at radius 3 is 2.38 bits per heavy atom. The van der Waals surface area contributed by atoms with Gasteiger partial charge in [-0.15, -0.1) is 0 Å². The molecule has 1 aromatic heterocycles. The van der Waals surface area contributed by atoms with E-state index in [4.69, 9.17) is 9.15 Å². The van der Waals surface area contributed by atoms with Crippen LogP contribution in [0.5, 0.6) is 0 Å². The molecule has 0 atom stereocenters. The molecule has 0 amide bonds. The quantitative estimate of drug-likeness (QED) is 0.739. The van der Waals surface area contributed by atoms with Crippen LogP contribution in [0.1, 0.15) is 5.76 Å². The maximum atomic E-state index is 5.67. The Labute approximate surface area is 87.9 Å². The zero-order chi connectivity index (χ0) is 10.1. The fourth-order valence-corrected chi connectivity index (χ4v) is 2.12. The van der Waals surface area contributed by atoms with Gasteiger partial charge < -0.3 is 0 Å². The summed E-state index contributed by atoms with van der Waals surface area (Å²) in [6.45, 7) is 6.75. The summed E-state index contributed by atoms with van der Waals surface area (Å²) in [4.78, 5) is 0. The number of hydrogen-bond donors (Lipinski definition) is 0. The van der Waals surface area contributed by atoms with E-state index in [0.29, 0.717) is 4.57 Å². The van der Waals surface area contributed by atoms with Crippen molar-refractivity contribution in [1.82, 2.24) is 0 Å². The van der Waals surface area contributed by atoms with E-state index in [-0.39, 0.29) is 0 Å². The molecule has 1 aromatic rings. The molecular formula is C9H14CrO2Si. The summed E-state index contributed by atoms with van der Waals surface area (Å²) in [7, 11) is 0.307. The Morgan fingerprint density at radius 1 is 1.38 bits per heavy atom. The van der Waals surface area contributed by atoms with Gasteiger partial charge in [0.05, 0.1) is 0 Å². The van der Waals surface area contributed by atoms with E-state index < -0.39 is 8.07 Å². The van der Waals surface area contributed by atoms with Gasteiger partial charge in [-0.05, 0) is 0 Å². The van der Waals surface area contributed by atoms with E-state index >= 15 is 0 Å². The molecule has 0 radical (unpaired) electrons. The monoisotopic (exact) mass is 234 g/mol. The van der Waals surface area contributed by atoms with Crippen molar-refractivity contribution in [3.8, 4) is 0 Å². The summed E-state index contributed by atoms with van der Waals surface area (Å²) in [6, 6.07) is 3.99. The number of ether oxygens (including phenoxy) is 1. The molecule has 0 spiro atoms. The number of rotatable bonds is 3. The minimum absolute atomic E-state index is 0.712. The van der Waals surface area contributed by atoms with E-state index in [1.807, 2.05) is 12.1 Å². The predicted octanol–water partition coefficient (Wildman–Crippen LogP) is 1.50. The number of hydrogen-bond acceptors (Lipinski definition) is 2. The van der Waals surface area contributed by atoms with Gasteiger partial charge in [-0.25, -0.2) is 0 Å². The van der Waals surface area contributed by atoms with Crippen LogP contribution in [-0.2, 0) is 20.6 Å². The van der Waals surface area contributed by atoms with Crippen molar-refractivity contribution in [2.75, 3.05) is 7.11 Å². The zero-order valence-corrected chi connectivity index (χ0v) is 10.7. The van der Waals surface area contributed by atoms with Crippen LogP contribution >= 0.6 is 0 Å². The molecule has 0 bridgehead atoms. The second-order valence-corrected chi connectivity index (χ2v) is 9.48. The minimum atomic E-state index is -1.32. The van der Waals surface area contributed by atoms with Gasteiger partial charge in [-0.1, -0.05) is 0 Å². The first kappa shape index (κ1) is 10.9. The van der Waals surface area contributed by atoms with Gasteiger partial charge in [0.25, 0.3) is 0 Å². The third kappa shape index (κ3) is 2.65. The van der Waals surface area contributed by atoms with Gasteiger partial charge in [-0.2, -0.15) is 0 Å². The van der Waals surface area contributed by atoms with E-state index in [1.165, 1.54) is 0 Å². The molecule has 2 nitrogen and oxygen atoms in total. The molecule has 13 heavy (non-hydrogen) atoms. The molecule has 72 valence electrons.